The summed E-state index contributed by atoms with van der Waals surface area (Å²) in [6.45, 7) is 1.91. The Balaban J connectivity index is 1.24. The van der Waals surface area contributed by atoms with Gasteiger partial charge in [-0.25, -0.2) is 9.97 Å². The molecule has 2 fully saturated rings. The summed E-state index contributed by atoms with van der Waals surface area (Å²) in [4.78, 5) is 23.5. The van der Waals surface area contributed by atoms with Crippen molar-refractivity contribution in [1.82, 2.24) is 15.3 Å². The van der Waals surface area contributed by atoms with Gasteiger partial charge < -0.3 is 20.1 Å². The molecular weight excluding hydrogens is 442 g/mol. The van der Waals surface area contributed by atoms with Crippen molar-refractivity contribution in [3.05, 3.63) is 46.9 Å². The number of rotatable bonds is 6. The van der Waals surface area contributed by atoms with Crippen molar-refractivity contribution in [1.29, 1.82) is 5.26 Å². The highest BCUT2D eigenvalue weighted by molar-refractivity contribution is 6.31. The summed E-state index contributed by atoms with van der Waals surface area (Å²) < 4.78 is 6.01. The van der Waals surface area contributed by atoms with E-state index in [1.54, 1.807) is 24.4 Å². The molecule has 0 unspecified atom stereocenters. The number of anilines is 1. The summed E-state index contributed by atoms with van der Waals surface area (Å²) in [5.74, 6) is 1.57. The number of carbonyl (C=O) groups is 1. The smallest absolute Gasteiger partial charge is 0.271 e. The summed E-state index contributed by atoms with van der Waals surface area (Å²) in [6, 6.07) is 7.20. The number of ether oxygens (including phenoxy) is 1. The number of amides is 1. The number of aliphatic hydroxyl groups excluding tert-OH is 1. The van der Waals surface area contributed by atoms with Crippen LogP contribution >= 0.6 is 11.6 Å². The van der Waals surface area contributed by atoms with E-state index in [0.29, 0.717) is 27.9 Å². The highest BCUT2D eigenvalue weighted by atomic mass is 35.5. The minimum Gasteiger partial charge on any atom is -0.490 e. The van der Waals surface area contributed by atoms with Crippen LogP contribution in [0.15, 0.2) is 30.6 Å². The van der Waals surface area contributed by atoms with Crippen LogP contribution in [-0.4, -0.2) is 52.8 Å². The van der Waals surface area contributed by atoms with E-state index in [1.807, 2.05) is 6.07 Å². The number of halogens is 1. The second kappa shape index (κ2) is 10.8. The maximum absolute atomic E-state index is 12.6. The molecular formula is C24H28ClN5O3. The molecule has 0 bridgehead atoms. The molecule has 1 saturated heterocycles. The molecule has 1 aliphatic heterocycles. The first kappa shape index (κ1) is 23.3. The van der Waals surface area contributed by atoms with Crippen LogP contribution < -0.4 is 15.0 Å². The van der Waals surface area contributed by atoms with E-state index in [1.165, 1.54) is 6.20 Å². The maximum Gasteiger partial charge on any atom is 0.271 e. The van der Waals surface area contributed by atoms with Crippen molar-refractivity contribution < 1.29 is 14.6 Å². The van der Waals surface area contributed by atoms with E-state index in [2.05, 4.69) is 20.2 Å². The molecule has 8 nitrogen and oxygen atoms in total. The minimum atomic E-state index is -0.212. The molecule has 1 aromatic carbocycles. The third kappa shape index (κ3) is 5.92. The van der Waals surface area contributed by atoms with E-state index < -0.39 is 0 Å². The van der Waals surface area contributed by atoms with Gasteiger partial charge in [0, 0.05) is 31.8 Å². The van der Waals surface area contributed by atoms with Crippen molar-refractivity contribution in [3.63, 3.8) is 0 Å². The van der Waals surface area contributed by atoms with Crippen molar-refractivity contribution >= 4 is 23.3 Å². The minimum absolute atomic E-state index is 0.0520. The van der Waals surface area contributed by atoms with Crippen LogP contribution in [0.4, 0.5) is 5.82 Å². The maximum atomic E-state index is 12.6. The molecule has 2 aromatic rings. The number of aromatic nitrogens is 2. The first-order valence-electron chi connectivity index (χ1n) is 11.4. The number of hydrogen-bond acceptors (Lipinski definition) is 7. The van der Waals surface area contributed by atoms with E-state index in [0.717, 1.165) is 57.4 Å². The second-order valence-corrected chi connectivity index (χ2v) is 9.10. The van der Waals surface area contributed by atoms with Gasteiger partial charge in [-0.3, -0.25) is 4.79 Å². The standard InChI is InChI=1S/C24H28ClN5O3/c25-21-11-20(4-1-17(21)12-26)33-19-5-2-18(3-6-19)29-24(32)22-13-28-23(14-27-22)30-9-7-16(15-31)8-10-30/h1,4,11,13-14,16,18-19,31H,2-3,5-10,15H2,(H,29,32). The molecule has 1 aliphatic carbocycles. The van der Waals surface area contributed by atoms with Crippen molar-refractivity contribution in [2.24, 2.45) is 5.92 Å². The lowest BCUT2D eigenvalue weighted by Gasteiger charge is -2.31. The van der Waals surface area contributed by atoms with Gasteiger partial charge >= 0.3 is 0 Å². The molecule has 1 saturated carbocycles. The van der Waals surface area contributed by atoms with Crippen molar-refractivity contribution in [3.8, 4) is 11.8 Å². The van der Waals surface area contributed by atoms with E-state index in [4.69, 9.17) is 21.6 Å². The summed E-state index contributed by atoms with van der Waals surface area (Å²) in [6.07, 6.45) is 8.37. The SMILES string of the molecule is N#Cc1ccc(OC2CCC(NC(=O)c3cnc(N4CCC(CO)CC4)cn3)CC2)cc1Cl. The van der Waals surface area contributed by atoms with Crippen LogP contribution in [0.2, 0.25) is 5.02 Å². The quantitative estimate of drug-likeness (QED) is 0.667. The number of benzene rings is 1. The molecule has 0 radical (unpaired) electrons. The Morgan fingerprint density at radius 3 is 2.55 bits per heavy atom. The van der Waals surface area contributed by atoms with Crippen LogP contribution in [0, 0.1) is 17.2 Å². The molecule has 2 aliphatic rings. The lowest BCUT2D eigenvalue weighted by atomic mass is 9.93. The van der Waals surface area contributed by atoms with Gasteiger partial charge in [-0.15, -0.1) is 0 Å². The molecule has 0 spiro atoms. The van der Waals surface area contributed by atoms with Crippen LogP contribution in [-0.2, 0) is 0 Å². The average Bonchev–Trinajstić information content (AvgIpc) is 2.85. The van der Waals surface area contributed by atoms with Crippen LogP contribution in [0.25, 0.3) is 0 Å². The summed E-state index contributed by atoms with van der Waals surface area (Å²) >= 11 is 6.08. The Bertz CT molecular complexity index is 994. The lowest BCUT2D eigenvalue weighted by molar-refractivity contribution is 0.0888. The van der Waals surface area contributed by atoms with Crippen molar-refractivity contribution in [2.45, 2.75) is 50.7 Å². The van der Waals surface area contributed by atoms with E-state index in [9.17, 15) is 9.90 Å². The van der Waals surface area contributed by atoms with Gasteiger partial charge in [0.1, 0.15) is 23.3 Å². The van der Waals surface area contributed by atoms with Gasteiger partial charge in [-0.1, -0.05) is 11.6 Å². The highest BCUT2D eigenvalue weighted by Gasteiger charge is 2.25. The Morgan fingerprint density at radius 2 is 1.94 bits per heavy atom. The highest BCUT2D eigenvalue weighted by Crippen LogP contribution is 2.27. The third-order valence-corrected chi connectivity index (χ3v) is 6.75. The van der Waals surface area contributed by atoms with Crippen LogP contribution in [0.5, 0.6) is 5.75 Å². The van der Waals surface area contributed by atoms with Gasteiger partial charge in [0.2, 0.25) is 0 Å². The number of nitriles is 1. The monoisotopic (exact) mass is 469 g/mol. The first-order valence-corrected chi connectivity index (χ1v) is 11.8. The molecule has 1 aromatic heterocycles. The van der Waals surface area contributed by atoms with E-state index in [-0.39, 0.29) is 24.7 Å². The number of piperidine rings is 1. The number of nitrogens with one attached hydrogen (secondary N) is 1. The number of aliphatic hydroxyl groups is 1. The summed E-state index contributed by atoms with van der Waals surface area (Å²) in [5.41, 5.74) is 0.743. The predicted octanol–water partition coefficient (Wildman–Crippen LogP) is 3.33. The first-order chi connectivity index (χ1) is 16.1. The molecule has 2 N–H and O–H groups in total. The number of carbonyl (C=O) groups excluding carboxylic acids is 1. The molecule has 0 atom stereocenters. The normalized spacial score (nSPS) is 21.3. The summed E-state index contributed by atoms with van der Waals surface area (Å²) in [7, 11) is 0. The Morgan fingerprint density at radius 1 is 1.18 bits per heavy atom. The Hall–Kier alpha value is -2.89. The molecule has 33 heavy (non-hydrogen) atoms. The Kier molecular flexibility index (Phi) is 7.63. The number of hydrogen-bond donors (Lipinski definition) is 2. The van der Waals surface area contributed by atoms with Crippen LogP contribution in [0.1, 0.15) is 54.6 Å². The number of nitrogens with zero attached hydrogens (tertiary/aromatic N) is 4. The lowest BCUT2D eigenvalue weighted by Crippen LogP contribution is -2.40. The van der Waals surface area contributed by atoms with Crippen molar-refractivity contribution in [2.75, 3.05) is 24.6 Å². The molecule has 1 amide bonds. The average molecular weight is 470 g/mol. The van der Waals surface area contributed by atoms with Gasteiger partial charge in [-0.2, -0.15) is 5.26 Å². The zero-order chi connectivity index (χ0) is 23.2. The fourth-order valence-corrected chi connectivity index (χ4v) is 4.60. The van der Waals surface area contributed by atoms with Crippen LogP contribution in [0.3, 0.4) is 0 Å². The fourth-order valence-electron chi connectivity index (χ4n) is 4.38. The largest absolute Gasteiger partial charge is 0.490 e. The van der Waals surface area contributed by atoms with Gasteiger partial charge in [0.05, 0.1) is 29.1 Å². The second-order valence-electron chi connectivity index (χ2n) is 8.69. The van der Waals surface area contributed by atoms with Gasteiger partial charge in [-0.05, 0) is 56.6 Å². The third-order valence-electron chi connectivity index (χ3n) is 6.44. The van der Waals surface area contributed by atoms with Gasteiger partial charge in [0.25, 0.3) is 5.91 Å². The fraction of sp³-hybridized carbons (Fsp3) is 0.500. The predicted molar refractivity (Wildman–Crippen MR) is 124 cm³/mol. The summed E-state index contributed by atoms with van der Waals surface area (Å²) in [5, 5.41) is 21.7. The molecule has 174 valence electrons. The van der Waals surface area contributed by atoms with E-state index >= 15 is 0 Å². The topological polar surface area (TPSA) is 111 Å². The molecule has 2 heterocycles. The van der Waals surface area contributed by atoms with Gasteiger partial charge in [0.15, 0.2) is 0 Å². The Labute approximate surface area is 198 Å². The molecule has 4 rings (SSSR count). The molecule has 9 heteroatoms. The zero-order valence-electron chi connectivity index (χ0n) is 18.4. The zero-order valence-corrected chi connectivity index (χ0v) is 19.2.